The Hall–Kier alpha value is -2.84. The summed E-state index contributed by atoms with van der Waals surface area (Å²) in [7, 11) is 0. The van der Waals surface area contributed by atoms with Crippen LogP contribution in [0.25, 0.3) is 0 Å². The molecule has 190 valence electrons. The van der Waals surface area contributed by atoms with Crippen LogP contribution in [0.2, 0.25) is 0 Å². The van der Waals surface area contributed by atoms with Crippen LogP contribution in [0, 0.1) is 23.2 Å². The smallest absolute Gasteiger partial charge is 0.307 e. The molecule has 3 rings (SSSR count). The van der Waals surface area contributed by atoms with Crippen LogP contribution >= 0.6 is 20.7 Å². The van der Waals surface area contributed by atoms with Gasteiger partial charge in [0.05, 0.1) is 24.5 Å². The third-order valence-electron chi connectivity index (χ3n) is 5.81. The van der Waals surface area contributed by atoms with Gasteiger partial charge in [-0.05, 0) is 64.3 Å². The molecule has 2 atom stereocenters. The highest BCUT2D eigenvalue weighted by molar-refractivity contribution is 14.2. The first-order valence-electron chi connectivity index (χ1n) is 11.4. The molecule has 0 aliphatic carbocycles. The van der Waals surface area contributed by atoms with E-state index in [0.717, 1.165) is 16.1 Å². The fourth-order valence-electron chi connectivity index (χ4n) is 3.62. The Morgan fingerprint density at radius 1 is 1.25 bits per heavy atom. The molecular formula is C27H27F2IN2O4. The van der Waals surface area contributed by atoms with Crippen LogP contribution in [0.1, 0.15) is 43.1 Å². The molecule has 0 spiro atoms. The summed E-state index contributed by atoms with van der Waals surface area (Å²) < 4.78 is 38.0. The quantitative estimate of drug-likeness (QED) is 0.121. The summed E-state index contributed by atoms with van der Waals surface area (Å²) in [4.78, 5) is 29.8. The first-order valence-corrected chi connectivity index (χ1v) is 13.5. The predicted molar refractivity (Wildman–Crippen MR) is 143 cm³/mol. The predicted octanol–water partition coefficient (Wildman–Crippen LogP) is 5.55. The van der Waals surface area contributed by atoms with E-state index in [0.29, 0.717) is 36.3 Å². The Morgan fingerprint density at radius 3 is 2.61 bits per heavy atom. The molecule has 2 aliphatic heterocycles. The number of carbonyl (C=O) groups excluding carboxylic acids is 2. The molecule has 1 saturated heterocycles. The maximum absolute atomic E-state index is 13.4. The molecular weight excluding hydrogens is 581 g/mol. The Balaban J connectivity index is 1.60. The van der Waals surface area contributed by atoms with E-state index in [1.807, 2.05) is 6.07 Å². The number of hydrogen-bond acceptors (Lipinski definition) is 6. The van der Waals surface area contributed by atoms with Gasteiger partial charge in [-0.2, -0.15) is 14.0 Å². The highest BCUT2D eigenvalue weighted by Gasteiger charge is 2.33. The average Bonchev–Trinajstić information content (AvgIpc) is 3.38. The van der Waals surface area contributed by atoms with Crippen LogP contribution in [0.15, 0.2) is 62.4 Å². The number of carbonyl (C=O) groups is 2. The summed E-state index contributed by atoms with van der Waals surface area (Å²) >= 11 is -1.07. The van der Waals surface area contributed by atoms with Crippen LogP contribution in [-0.2, 0) is 14.3 Å². The van der Waals surface area contributed by atoms with Gasteiger partial charge < -0.3 is 9.47 Å². The third kappa shape index (κ3) is 7.34. The van der Waals surface area contributed by atoms with Gasteiger partial charge in [0, 0.05) is 41.1 Å². The minimum Gasteiger partial charge on any atom is -0.456 e. The van der Waals surface area contributed by atoms with Crippen molar-refractivity contribution in [2.75, 3.05) is 19.8 Å². The van der Waals surface area contributed by atoms with Crippen LogP contribution in [-0.4, -0.2) is 47.2 Å². The van der Waals surface area contributed by atoms with Gasteiger partial charge >= 0.3 is 5.92 Å². The molecule has 6 nitrogen and oxygen atoms in total. The van der Waals surface area contributed by atoms with Crippen LogP contribution in [0.3, 0.4) is 0 Å². The fourth-order valence-corrected chi connectivity index (χ4v) is 5.74. The van der Waals surface area contributed by atoms with E-state index < -0.39 is 26.7 Å². The first-order chi connectivity index (χ1) is 17.1. The van der Waals surface area contributed by atoms with Gasteiger partial charge in [0.25, 0.3) is 0 Å². The number of allylic oxidation sites excluding steroid dienone is 5. The van der Waals surface area contributed by atoms with Crippen molar-refractivity contribution in [3.8, 4) is 6.07 Å². The number of nitriles is 1. The van der Waals surface area contributed by atoms with Crippen LogP contribution in [0.5, 0.6) is 0 Å². The van der Waals surface area contributed by atoms with E-state index in [4.69, 9.17) is 14.7 Å². The standard InChI is InChI=1S/C27H27F2IN2O4/c1-17(23-16-36-26(30-23)27(3,28)29)4-5-18(2)24(33)14-32-13-21-15-35-11-10-22(21)25(34)20-8-6-19(12-31)7-9-20/h4-9,14,16,21-22H,10-11,13,15H2,1-3H3/b17-4+,18-5+,32-14?. The second kappa shape index (κ2) is 12.4. The molecule has 0 bridgehead atoms. The SMILES string of the molecule is C/C(=C\C=C(/C)C1=COC(C(C)(F)F)=I1)C(=O)C=NCC1COCCC1C(=O)c1ccc(C#N)cc1. The minimum absolute atomic E-state index is 0.0137. The first kappa shape index (κ1) is 27.7. The zero-order chi connectivity index (χ0) is 26.3. The van der Waals surface area contributed by atoms with Crippen molar-refractivity contribution in [3.63, 3.8) is 0 Å². The number of rotatable bonds is 9. The highest BCUT2D eigenvalue weighted by atomic mass is 127. The lowest BCUT2D eigenvalue weighted by molar-refractivity contribution is -0.109. The largest absolute Gasteiger partial charge is 0.456 e. The summed E-state index contributed by atoms with van der Waals surface area (Å²) in [5.74, 6) is -3.68. The van der Waals surface area contributed by atoms with Gasteiger partial charge in [-0.25, -0.2) is 0 Å². The fraction of sp³-hybridized carbons (Fsp3) is 0.370. The summed E-state index contributed by atoms with van der Waals surface area (Å²) in [5, 5.41) is 8.95. The van der Waals surface area contributed by atoms with E-state index in [2.05, 4.69) is 4.99 Å². The van der Waals surface area contributed by atoms with Crippen molar-refractivity contribution in [2.24, 2.45) is 16.8 Å². The molecule has 0 radical (unpaired) electrons. The maximum Gasteiger partial charge on any atom is 0.307 e. The van der Waals surface area contributed by atoms with Crippen molar-refractivity contribution < 1.29 is 27.8 Å². The lowest BCUT2D eigenvalue weighted by Crippen LogP contribution is -2.35. The minimum atomic E-state index is -2.96. The number of hydrogen-bond donors (Lipinski definition) is 0. The molecule has 0 saturated carbocycles. The van der Waals surface area contributed by atoms with E-state index in [-0.39, 0.29) is 33.6 Å². The molecule has 0 N–H and O–H groups in total. The topological polar surface area (TPSA) is 88.8 Å². The number of halogens is 3. The van der Waals surface area contributed by atoms with Crippen molar-refractivity contribution in [2.45, 2.75) is 33.1 Å². The Kier molecular flexibility index (Phi) is 9.56. The highest BCUT2D eigenvalue weighted by Crippen LogP contribution is 2.35. The van der Waals surface area contributed by atoms with Gasteiger partial charge in [-0.1, -0.05) is 24.3 Å². The van der Waals surface area contributed by atoms with Gasteiger partial charge in [-0.15, -0.1) is 0 Å². The van der Waals surface area contributed by atoms with Gasteiger partial charge in [0.15, 0.2) is 11.6 Å². The van der Waals surface area contributed by atoms with E-state index in [1.54, 1.807) is 50.3 Å². The van der Waals surface area contributed by atoms with Crippen LogP contribution in [0.4, 0.5) is 8.78 Å². The van der Waals surface area contributed by atoms with Crippen molar-refractivity contribution >= 4 is 42.2 Å². The number of nitrogens with zero attached hydrogens (tertiary/aromatic N) is 2. The lowest BCUT2D eigenvalue weighted by Gasteiger charge is -2.29. The van der Waals surface area contributed by atoms with Gasteiger partial charge in [-0.3, -0.25) is 14.6 Å². The Bertz CT molecular complexity index is 1200. The zero-order valence-electron chi connectivity index (χ0n) is 20.3. The second-order valence-electron chi connectivity index (χ2n) is 8.68. The van der Waals surface area contributed by atoms with E-state index >= 15 is 0 Å². The third-order valence-corrected chi connectivity index (χ3v) is 9.18. The second-order valence-corrected chi connectivity index (χ2v) is 11.4. The molecule has 1 aromatic rings. The van der Waals surface area contributed by atoms with Crippen molar-refractivity contribution in [3.05, 3.63) is 68.5 Å². The molecule has 9 heteroatoms. The molecule has 2 heterocycles. The van der Waals surface area contributed by atoms with Crippen molar-refractivity contribution in [1.29, 1.82) is 5.26 Å². The zero-order valence-corrected chi connectivity index (χ0v) is 22.4. The summed E-state index contributed by atoms with van der Waals surface area (Å²) in [6, 6.07) is 8.60. The lowest BCUT2D eigenvalue weighted by atomic mass is 9.82. The number of ketones is 2. The Morgan fingerprint density at radius 2 is 1.97 bits per heavy atom. The summed E-state index contributed by atoms with van der Waals surface area (Å²) in [6.07, 6.45) is 6.54. The van der Waals surface area contributed by atoms with Crippen LogP contribution < -0.4 is 0 Å². The monoisotopic (exact) mass is 608 g/mol. The Labute approximate surface area is 219 Å². The molecule has 2 aliphatic rings. The molecule has 1 fully saturated rings. The van der Waals surface area contributed by atoms with E-state index in [1.165, 1.54) is 12.5 Å². The molecule has 0 amide bonds. The molecule has 2 unspecified atom stereocenters. The molecule has 1 aromatic carbocycles. The number of alkyl halides is 2. The number of aliphatic imine (C=N–C) groups is 1. The van der Waals surface area contributed by atoms with Gasteiger partial charge in [0.2, 0.25) is 3.69 Å². The summed E-state index contributed by atoms with van der Waals surface area (Å²) in [6.45, 7) is 5.42. The number of Topliss-reactive ketones (excluding diaryl/α,β-unsaturated/α-hetero) is 2. The number of ether oxygens (including phenoxy) is 2. The average molecular weight is 608 g/mol. The molecule has 36 heavy (non-hydrogen) atoms. The molecule has 0 aromatic heterocycles. The summed E-state index contributed by atoms with van der Waals surface area (Å²) in [5.41, 5.74) is 2.26. The van der Waals surface area contributed by atoms with Crippen molar-refractivity contribution in [1.82, 2.24) is 0 Å². The normalized spacial score (nSPS) is 21.2. The van der Waals surface area contributed by atoms with Gasteiger partial charge in [0.1, 0.15) is 6.26 Å². The number of benzene rings is 1. The maximum atomic E-state index is 13.4. The van der Waals surface area contributed by atoms with E-state index in [9.17, 15) is 18.4 Å².